The van der Waals surface area contributed by atoms with E-state index in [1.54, 1.807) is 6.07 Å². The van der Waals surface area contributed by atoms with Gasteiger partial charge >= 0.3 is 0 Å². The zero-order valence-electron chi connectivity index (χ0n) is 11.4. The van der Waals surface area contributed by atoms with Crippen LogP contribution in [0.25, 0.3) is 0 Å². The summed E-state index contributed by atoms with van der Waals surface area (Å²) >= 11 is 0. The maximum Gasteiger partial charge on any atom is 0.249 e. The van der Waals surface area contributed by atoms with Crippen LogP contribution in [0.2, 0.25) is 0 Å². The van der Waals surface area contributed by atoms with Gasteiger partial charge < -0.3 is 15.0 Å². The summed E-state index contributed by atoms with van der Waals surface area (Å²) in [5.41, 5.74) is 0.546. The van der Waals surface area contributed by atoms with Gasteiger partial charge in [-0.25, -0.2) is 4.39 Å². The Hall–Kier alpha value is -1.46. The Balaban J connectivity index is 1.84. The highest BCUT2D eigenvalue weighted by Crippen LogP contribution is 2.29. The average molecular weight is 278 g/mol. The van der Waals surface area contributed by atoms with Gasteiger partial charge in [-0.05, 0) is 37.1 Å². The minimum Gasteiger partial charge on any atom is -0.369 e. The molecule has 2 heterocycles. The smallest absolute Gasteiger partial charge is 0.249 e. The van der Waals surface area contributed by atoms with Crippen LogP contribution < -0.4 is 5.32 Å². The molecule has 108 valence electrons. The molecule has 1 spiro atoms. The fraction of sp³-hybridized carbons (Fsp3) is 0.533. The van der Waals surface area contributed by atoms with E-state index < -0.39 is 0 Å². The molecule has 5 heteroatoms. The number of hydrogen-bond donors (Lipinski definition) is 1. The molecule has 2 saturated heterocycles. The number of nitrogens with zero attached hydrogens (tertiary/aromatic N) is 1. The molecule has 1 aromatic carbocycles. The van der Waals surface area contributed by atoms with E-state index in [2.05, 4.69) is 5.32 Å². The Labute approximate surface area is 117 Å². The zero-order valence-corrected chi connectivity index (χ0v) is 11.4. The number of benzene rings is 1. The number of halogens is 1. The van der Waals surface area contributed by atoms with Crippen LogP contribution in [0.4, 0.5) is 4.39 Å². The van der Waals surface area contributed by atoms with Crippen molar-refractivity contribution in [3.63, 3.8) is 0 Å². The van der Waals surface area contributed by atoms with Crippen molar-refractivity contribution in [1.82, 2.24) is 10.2 Å². The second kappa shape index (κ2) is 5.50. The third-order valence-electron chi connectivity index (χ3n) is 4.15. The number of nitrogens with one attached hydrogen (secondary N) is 1. The lowest BCUT2D eigenvalue weighted by Crippen LogP contribution is -2.65. The molecule has 4 nitrogen and oxygen atoms in total. The van der Waals surface area contributed by atoms with Gasteiger partial charge in [0.05, 0.1) is 12.1 Å². The molecule has 0 saturated carbocycles. The molecule has 0 radical (unpaired) electrons. The summed E-state index contributed by atoms with van der Waals surface area (Å²) in [5, 5.41) is 3.35. The maximum absolute atomic E-state index is 13.3. The molecule has 1 N–H and O–H groups in total. The molecule has 0 bridgehead atoms. The lowest BCUT2D eigenvalue weighted by atomic mass is 9.87. The highest BCUT2D eigenvalue weighted by molar-refractivity contribution is 5.79. The summed E-state index contributed by atoms with van der Waals surface area (Å²) in [6.45, 7) is 2.84. The lowest BCUT2D eigenvalue weighted by molar-refractivity contribution is -0.161. The normalized spacial score (nSPS) is 27.1. The molecule has 0 aromatic heterocycles. The third kappa shape index (κ3) is 2.55. The Bertz CT molecular complexity index is 495. The number of carbonyl (C=O) groups excluding carboxylic acids is 1. The van der Waals surface area contributed by atoms with Crippen LogP contribution in [-0.2, 0) is 16.1 Å². The summed E-state index contributed by atoms with van der Waals surface area (Å²) in [4.78, 5) is 14.1. The number of carbonyl (C=O) groups is 1. The first-order valence-corrected chi connectivity index (χ1v) is 7.03. The maximum atomic E-state index is 13.3. The highest BCUT2D eigenvalue weighted by Gasteiger charge is 2.43. The van der Waals surface area contributed by atoms with Crippen LogP contribution in [0.1, 0.15) is 18.4 Å². The van der Waals surface area contributed by atoms with E-state index >= 15 is 0 Å². The van der Waals surface area contributed by atoms with E-state index in [0.717, 1.165) is 31.5 Å². The van der Waals surface area contributed by atoms with E-state index in [9.17, 15) is 9.18 Å². The van der Waals surface area contributed by atoms with Crippen LogP contribution in [-0.4, -0.2) is 42.6 Å². The van der Waals surface area contributed by atoms with Gasteiger partial charge in [0.15, 0.2) is 0 Å². The second-order valence-corrected chi connectivity index (χ2v) is 5.61. The Kier molecular flexibility index (Phi) is 3.72. The molecule has 1 atom stereocenters. The average Bonchev–Trinajstić information content (AvgIpc) is 2.44. The highest BCUT2D eigenvalue weighted by atomic mass is 19.1. The summed E-state index contributed by atoms with van der Waals surface area (Å²) in [6, 6.07) is 6.45. The predicted octanol–water partition coefficient (Wildman–Crippen LogP) is 1.31. The first-order valence-electron chi connectivity index (χ1n) is 7.03. The molecule has 20 heavy (non-hydrogen) atoms. The lowest BCUT2D eigenvalue weighted by Gasteiger charge is -2.49. The predicted molar refractivity (Wildman–Crippen MR) is 72.6 cm³/mol. The number of amides is 1. The quantitative estimate of drug-likeness (QED) is 0.887. The zero-order chi connectivity index (χ0) is 14.0. The van der Waals surface area contributed by atoms with Gasteiger partial charge in [-0.3, -0.25) is 4.79 Å². The summed E-state index contributed by atoms with van der Waals surface area (Å²) in [7, 11) is 0. The summed E-state index contributed by atoms with van der Waals surface area (Å²) in [5.74, 6) is -0.275. The standard InChI is InChI=1S/C15H19FN2O2/c16-13-4-1-3-12(7-13)8-18-14(19)9-20-11-15(18)5-2-6-17-10-15/h1,3-4,7,17H,2,5-6,8-11H2. The van der Waals surface area contributed by atoms with Crippen molar-refractivity contribution in [2.45, 2.75) is 24.9 Å². The second-order valence-electron chi connectivity index (χ2n) is 5.61. The molecule has 1 unspecified atom stereocenters. The van der Waals surface area contributed by atoms with Crippen LogP contribution in [0.5, 0.6) is 0 Å². The van der Waals surface area contributed by atoms with Crippen molar-refractivity contribution in [1.29, 1.82) is 0 Å². The monoisotopic (exact) mass is 278 g/mol. The molecule has 0 aliphatic carbocycles. The van der Waals surface area contributed by atoms with E-state index in [4.69, 9.17) is 4.74 Å². The minimum atomic E-state index is -0.278. The fourth-order valence-electron chi connectivity index (χ4n) is 3.13. The topological polar surface area (TPSA) is 41.6 Å². The molecule has 1 aromatic rings. The number of rotatable bonds is 2. The fourth-order valence-corrected chi connectivity index (χ4v) is 3.13. The van der Waals surface area contributed by atoms with Gasteiger partial charge in [0.2, 0.25) is 5.91 Å². The molecule has 2 aliphatic heterocycles. The van der Waals surface area contributed by atoms with Crippen molar-refractivity contribution in [3.05, 3.63) is 35.6 Å². The van der Waals surface area contributed by atoms with E-state index in [-0.39, 0.29) is 23.9 Å². The number of hydrogen-bond acceptors (Lipinski definition) is 3. The largest absolute Gasteiger partial charge is 0.369 e. The molecule has 1 amide bonds. The van der Waals surface area contributed by atoms with Gasteiger partial charge in [-0.1, -0.05) is 12.1 Å². The van der Waals surface area contributed by atoms with Crippen molar-refractivity contribution < 1.29 is 13.9 Å². The third-order valence-corrected chi connectivity index (χ3v) is 4.15. The van der Waals surface area contributed by atoms with Gasteiger partial charge in [0.1, 0.15) is 12.4 Å². The van der Waals surface area contributed by atoms with Gasteiger partial charge in [-0.15, -0.1) is 0 Å². The van der Waals surface area contributed by atoms with Crippen molar-refractivity contribution in [2.75, 3.05) is 26.3 Å². The minimum absolute atomic E-state index is 0.00999. The molecule has 3 rings (SSSR count). The van der Waals surface area contributed by atoms with E-state index in [1.165, 1.54) is 12.1 Å². The van der Waals surface area contributed by atoms with Crippen molar-refractivity contribution >= 4 is 5.91 Å². The molecule has 2 aliphatic rings. The van der Waals surface area contributed by atoms with E-state index in [0.29, 0.717) is 13.2 Å². The first kappa shape index (κ1) is 13.5. The molecule has 2 fully saturated rings. The van der Waals surface area contributed by atoms with Crippen LogP contribution >= 0.6 is 0 Å². The van der Waals surface area contributed by atoms with Crippen LogP contribution in [0.15, 0.2) is 24.3 Å². The van der Waals surface area contributed by atoms with Crippen LogP contribution in [0, 0.1) is 5.82 Å². The Morgan fingerprint density at radius 3 is 3.10 bits per heavy atom. The first-order chi connectivity index (χ1) is 9.70. The van der Waals surface area contributed by atoms with Crippen molar-refractivity contribution in [2.24, 2.45) is 0 Å². The summed E-state index contributed by atoms with van der Waals surface area (Å²) in [6.07, 6.45) is 1.96. The number of piperidine rings is 1. The van der Waals surface area contributed by atoms with Gasteiger partial charge in [0, 0.05) is 13.1 Å². The molecular weight excluding hydrogens is 259 g/mol. The van der Waals surface area contributed by atoms with Gasteiger partial charge in [0.25, 0.3) is 0 Å². The SMILES string of the molecule is O=C1COCC2(CCCNC2)N1Cc1cccc(F)c1. The van der Waals surface area contributed by atoms with Crippen molar-refractivity contribution in [3.8, 4) is 0 Å². The summed E-state index contributed by atoms with van der Waals surface area (Å²) < 4.78 is 18.8. The molecular formula is C15H19FN2O2. The number of morpholine rings is 1. The number of ether oxygens (including phenoxy) is 1. The Morgan fingerprint density at radius 2 is 2.35 bits per heavy atom. The van der Waals surface area contributed by atoms with E-state index in [1.807, 2.05) is 11.0 Å². The Morgan fingerprint density at radius 1 is 1.45 bits per heavy atom. The van der Waals surface area contributed by atoms with Crippen LogP contribution in [0.3, 0.4) is 0 Å². The van der Waals surface area contributed by atoms with Gasteiger partial charge in [-0.2, -0.15) is 0 Å².